The summed E-state index contributed by atoms with van der Waals surface area (Å²) in [6, 6.07) is 7.03. The average Bonchev–Trinajstić information content (AvgIpc) is 2.21. The van der Waals surface area contributed by atoms with Gasteiger partial charge in [-0.25, -0.2) is 4.39 Å². The van der Waals surface area contributed by atoms with Crippen molar-refractivity contribution in [2.24, 2.45) is 5.92 Å². The number of nitrogens with one attached hydrogen (secondary N) is 1. The molecule has 0 unspecified atom stereocenters. The van der Waals surface area contributed by atoms with Crippen molar-refractivity contribution in [3.8, 4) is 0 Å². The standard InChI is InChI=1S/C12H15BrFNO/c1-8(2)12(3,14)11(16)15-10-6-4-9(13)5-7-10/h4-8H,1-3H3,(H,15,16)/t12-/m0/s1. The van der Waals surface area contributed by atoms with E-state index < -0.39 is 11.6 Å². The SMILES string of the molecule is CC(C)[C@](C)(F)C(=O)Nc1ccc(Br)cc1. The zero-order valence-electron chi connectivity index (χ0n) is 9.55. The summed E-state index contributed by atoms with van der Waals surface area (Å²) < 4.78 is 14.9. The van der Waals surface area contributed by atoms with Crippen molar-refractivity contribution in [1.82, 2.24) is 0 Å². The molecule has 16 heavy (non-hydrogen) atoms. The van der Waals surface area contributed by atoms with Crippen molar-refractivity contribution in [2.75, 3.05) is 5.32 Å². The van der Waals surface area contributed by atoms with Gasteiger partial charge in [0.1, 0.15) is 0 Å². The van der Waals surface area contributed by atoms with E-state index >= 15 is 0 Å². The lowest BCUT2D eigenvalue weighted by atomic mass is 9.93. The van der Waals surface area contributed by atoms with Crippen molar-refractivity contribution >= 4 is 27.5 Å². The number of carbonyl (C=O) groups is 1. The van der Waals surface area contributed by atoms with Gasteiger partial charge in [0.05, 0.1) is 0 Å². The molecule has 0 aliphatic heterocycles. The highest BCUT2D eigenvalue weighted by molar-refractivity contribution is 9.10. The van der Waals surface area contributed by atoms with Crippen LogP contribution in [0.25, 0.3) is 0 Å². The number of benzene rings is 1. The van der Waals surface area contributed by atoms with Gasteiger partial charge < -0.3 is 5.32 Å². The minimum absolute atomic E-state index is 0.358. The van der Waals surface area contributed by atoms with E-state index in [1.807, 2.05) is 0 Å². The Bertz CT molecular complexity index is 373. The van der Waals surface area contributed by atoms with Gasteiger partial charge in [-0.15, -0.1) is 0 Å². The van der Waals surface area contributed by atoms with Crippen LogP contribution < -0.4 is 5.32 Å². The molecule has 1 atom stereocenters. The average molecular weight is 288 g/mol. The summed E-state index contributed by atoms with van der Waals surface area (Å²) in [5, 5.41) is 2.56. The minimum atomic E-state index is -1.85. The zero-order chi connectivity index (χ0) is 12.3. The van der Waals surface area contributed by atoms with Crippen LogP contribution in [0.1, 0.15) is 20.8 Å². The molecule has 2 nitrogen and oxygen atoms in total. The summed E-state index contributed by atoms with van der Waals surface area (Å²) >= 11 is 3.29. The number of alkyl halides is 1. The van der Waals surface area contributed by atoms with E-state index in [0.717, 1.165) is 4.47 Å². The summed E-state index contributed by atoms with van der Waals surface area (Å²) in [4.78, 5) is 11.7. The van der Waals surface area contributed by atoms with Crippen LogP contribution in [0.3, 0.4) is 0 Å². The first kappa shape index (κ1) is 13.2. The molecule has 0 heterocycles. The van der Waals surface area contributed by atoms with Gasteiger partial charge in [-0.3, -0.25) is 4.79 Å². The van der Waals surface area contributed by atoms with E-state index in [1.54, 1.807) is 38.1 Å². The molecule has 1 aromatic carbocycles. The first-order valence-electron chi connectivity index (χ1n) is 5.10. The monoisotopic (exact) mass is 287 g/mol. The van der Waals surface area contributed by atoms with Crippen LogP contribution in [-0.2, 0) is 4.79 Å². The summed E-state index contributed by atoms with van der Waals surface area (Å²) in [5.74, 6) is -0.965. The number of hydrogen-bond acceptors (Lipinski definition) is 1. The number of hydrogen-bond donors (Lipinski definition) is 1. The van der Waals surface area contributed by atoms with E-state index in [-0.39, 0.29) is 5.92 Å². The minimum Gasteiger partial charge on any atom is -0.323 e. The number of rotatable bonds is 3. The van der Waals surface area contributed by atoms with Gasteiger partial charge in [-0.05, 0) is 37.1 Å². The Kier molecular flexibility index (Phi) is 4.08. The topological polar surface area (TPSA) is 29.1 Å². The van der Waals surface area contributed by atoms with Crippen LogP contribution in [0.5, 0.6) is 0 Å². The quantitative estimate of drug-likeness (QED) is 0.901. The molecule has 0 aromatic heterocycles. The maximum absolute atomic E-state index is 14.0. The van der Waals surface area contributed by atoms with Crippen LogP contribution in [0.15, 0.2) is 28.7 Å². The molecule has 4 heteroatoms. The van der Waals surface area contributed by atoms with Gasteiger partial charge in [0.15, 0.2) is 5.67 Å². The number of carbonyl (C=O) groups excluding carboxylic acids is 1. The van der Waals surface area contributed by atoms with Gasteiger partial charge in [0, 0.05) is 10.2 Å². The summed E-state index contributed by atoms with van der Waals surface area (Å²) in [5.41, 5.74) is -1.26. The van der Waals surface area contributed by atoms with Crippen molar-refractivity contribution in [2.45, 2.75) is 26.4 Å². The van der Waals surface area contributed by atoms with Gasteiger partial charge in [-0.1, -0.05) is 29.8 Å². The van der Waals surface area contributed by atoms with Gasteiger partial charge in [0.25, 0.3) is 5.91 Å². The Morgan fingerprint density at radius 1 is 1.38 bits per heavy atom. The second kappa shape index (κ2) is 4.95. The molecule has 1 N–H and O–H groups in total. The highest BCUT2D eigenvalue weighted by atomic mass is 79.9. The summed E-state index contributed by atoms with van der Waals surface area (Å²) in [6.45, 7) is 4.66. The first-order chi connectivity index (χ1) is 7.34. The normalized spacial score (nSPS) is 14.6. The molecule has 1 rings (SSSR count). The second-order valence-electron chi connectivity index (χ2n) is 4.19. The van der Waals surface area contributed by atoms with Gasteiger partial charge in [0.2, 0.25) is 0 Å². The molecule has 1 aromatic rings. The molecular weight excluding hydrogens is 273 g/mol. The second-order valence-corrected chi connectivity index (χ2v) is 5.11. The Hall–Kier alpha value is -0.900. The Balaban J connectivity index is 2.75. The van der Waals surface area contributed by atoms with E-state index in [4.69, 9.17) is 0 Å². The Morgan fingerprint density at radius 2 is 1.88 bits per heavy atom. The predicted octanol–water partition coefficient (Wildman–Crippen LogP) is 3.77. The van der Waals surface area contributed by atoms with Crippen molar-refractivity contribution < 1.29 is 9.18 Å². The maximum atomic E-state index is 14.0. The fourth-order valence-electron chi connectivity index (χ4n) is 1.05. The highest BCUT2D eigenvalue weighted by Crippen LogP contribution is 2.24. The van der Waals surface area contributed by atoms with Gasteiger partial charge >= 0.3 is 0 Å². The number of anilines is 1. The molecule has 0 radical (unpaired) electrons. The Labute approximate surface area is 103 Å². The van der Waals surface area contributed by atoms with Crippen molar-refractivity contribution in [1.29, 1.82) is 0 Å². The third kappa shape index (κ3) is 3.04. The predicted molar refractivity (Wildman–Crippen MR) is 67.1 cm³/mol. The van der Waals surface area contributed by atoms with Crippen LogP contribution in [-0.4, -0.2) is 11.6 Å². The van der Waals surface area contributed by atoms with Crippen LogP contribution in [0.2, 0.25) is 0 Å². The van der Waals surface area contributed by atoms with E-state index in [0.29, 0.717) is 5.69 Å². The third-order valence-electron chi connectivity index (χ3n) is 2.63. The third-order valence-corrected chi connectivity index (χ3v) is 3.16. The molecule has 0 bridgehead atoms. The molecular formula is C12H15BrFNO. The summed E-state index contributed by atoms with van der Waals surface area (Å²) in [7, 11) is 0. The largest absolute Gasteiger partial charge is 0.323 e. The first-order valence-corrected chi connectivity index (χ1v) is 5.89. The van der Waals surface area contributed by atoms with E-state index in [1.165, 1.54) is 6.92 Å². The highest BCUT2D eigenvalue weighted by Gasteiger charge is 2.36. The van der Waals surface area contributed by atoms with Crippen LogP contribution in [0, 0.1) is 5.92 Å². The fraction of sp³-hybridized carbons (Fsp3) is 0.417. The lowest BCUT2D eigenvalue weighted by Crippen LogP contribution is -2.40. The van der Waals surface area contributed by atoms with Crippen LogP contribution in [0.4, 0.5) is 10.1 Å². The zero-order valence-corrected chi connectivity index (χ0v) is 11.1. The van der Waals surface area contributed by atoms with Crippen molar-refractivity contribution in [3.63, 3.8) is 0 Å². The number of amides is 1. The Morgan fingerprint density at radius 3 is 2.31 bits per heavy atom. The molecule has 0 aliphatic carbocycles. The molecule has 0 fully saturated rings. The van der Waals surface area contributed by atoms with Crippen LogP contribution >= 0.6 is 15.9 Å². The lowest BCUT2D eigenvalue weighted by molar-refractivity contribution is -0.128. The van der Waals surface area contributed by atoms with Crippen molar-refractivity contribution in [3.05, 3.63) is 28.7 Å². The maximum Gasteiger partial charge on any atom is 0.262 e. The molecule has 0 saturated carbocycles. The fourth-order valence-corrected chi connectivity index (χ4v) is 1.31. The lowest BCUT2D eigenvalue weighted by Gasteiger charge is -2.23. The molecule has 0 spiro atoms. The molecule has 0 aliphatic rings. The smallest absolute Gasteiger partial charge is 0.262 e. The van der Waals surface area contributed by atoms with Gasteiger partial charge in [-0.2, -0.15) is 0 Å². The van der Waals surface area contributed by atoms with E-state index in [2.05, 4.69) is 21.2 Å². The van der Waals surface area contributed by atoms with E-state index in [9.17, 15) is 9.18 Å². The molecule has 1 amide bonds. The molecule has 0 saturated heterocycles. The summed E-state index contributed by atoms with van der Waals surface area (Å²) in [6.07, 6.45) is 0. The molecule has 88 valence electrons. The number of halogens is 2.